The maximum absolute atomic E-state index is 2.51. The van der Waals surface area contributed by atoms with Gasteiger partial charge in [0.2, 0.25) is 0 Å². The molecule has 0 radical (unpaired) electrons. The van der Waals surface area contributed by atoms with Gasteiger partial charge in [-0.3, -0.25) is 0 Å². The monoisotopic (exact) mass is 395 g/mol. The Morgan fingerprint density at radius 1 is 0.581 bits per heavy atom. The number of para-hydroxylation sites is 1. The van der Waals surface area contributed by atoms with Crippen LogP contribution in [-0.2, 0) is 6.42 Å². The van der Waals surface area contributed by atoms with Gasteiger partial charge in [0.15, 0.2) is 0 Å². The summed E-state index contributed by atoms with van der Waals surface area (Å²) in [6.45, 7) is 0. The third kappa shape index (κ3) is 2.26. The molecule has 1 aromatic heterocycles. The van der Waals surface area contributed by atoms with Gasteiger partial charge in [-0.2, -0.15) is 0 Å². The molecular weight excluding hydrogens is 374 g/mol. The molecule has 0 atom stereocenters. The van der Waals surface area contributed by atoms with Crippen molar-refractivity contribution in [2.75, 3.05) is 0 Å². The lowest BCUT2D eigenvalue weighted by Gasteiger charge is -2.18. The molecule has 0 fully saturated rings. The lowest BCUT2D eigenvalue weighted by Crippen LogP contribution is -2.01. The van der Waals surface area contributed by atoms with Crippen molar-refractivity contribution in [3.63, 3.8) is 0 Å². The molecule has 1 aliphatic carbocycles. The van der Waals surface area contributed by atoms with Crippen molar-refractivity contribution in [3.8, 4) is 5.69 Å². The van der Waals surface area contributed by atoms with Gasteiger partial charge < -0.3 is 4.57 Å². The molecule has 0 aliphatic heterocycles. The van der Waals surface area contributed by atoms with Crippen molar-refractivity contribution in [2.45, 2.75) is 12.8 Å². The molecule has 1 aliphatic rings. The number of rotatable bonds is 1. The maximum Gasteiger partial charge on any atom is 0.0622 e. The zero-order valence-electron chi connectivity index (χ0n) is 17.2. The standard InChI is InChI=1S/C30H21N/c1-2-11-21(12-3-1)31-29-22-13-5-4-10-20(22)18-19-27(29)28-25-16-8-6-14-23(25)24-15-7-9-17-26(24)30(28)31/h1-6,8-14,16-19H,7,15H2. The second-order valence-corrected chi connectivity index (χ2v) is 8.46. The Balaban J connectivity index is 1.86. The van der Waals surface area contributed by atoms with Crippen LogP contribution in [0, 0.1) is 0 Å². The third-order valence-electron chi connectivity index (χ3n) is 6.82. The predicted octanol–water partition coefficient (Wildman–Crippen LogP) is 8.05. The summed E-state index contributed by atoms with van der Waals surface area (Å²) in [5.74, 6) is 0. The van der Waals surface area contributed by atoms with E-state index in [2.05, 4.69) is 108 Å². The first-order valence-corrected chi connectivity index (χ1v) is 11.0. The summed E-state index contributed by atoms with van der Waals surface area (Å²) >= 11 is 0. The first kappa shape index (κ1) is 16.9. The van der Waals surface area contributed by atoms with Crippen LogP contribution in [0.25, 0.3) is 55.1 Å². The minimum absolute atomic E-state index is 1.10. The van der Waals surface area contributed by atoms with Gasteiger partial charge in [0.25, 0.3) is 0 Å². The summed E-state index contributed by atoms with van der Waals surface area (Å²) in [7, 11) is 0. The Bertz CT molecular complexity index is 1670. The van der Waals surface area contributed by atoms with Gasteiger partial charge in [-0.25, -0.2) is 0 Å². The van der Waals surface area contributed by atoms with Crippen LogP contribution >= 0.6 is 0 Å². The smallest absolute Gasteiger partial charge is 0.0622 e. The lowest BCUT2D eigenvalue weighted by atomic mass is 9.88. The van der Waals surface area contributed by atoms with Crippen molar-refractivity contribution in [3.05, 3.63) is 108 Å². The molecule has 1 nitrogen and oxygen atoms in total. The van der Waals surface area contributed by atoms with Crippen LogP contribution in [0.4, 0.5) is 0 Å². The van der Waals surface area contributed by atoms with Crippen LogP contribution in [0.3, 0.4) is 0 Å². The second kappa shape index (κ2) is 6.33. The SMILES string of the molecule is C1=Cc2c(c3ccccc3c3c4ccc5ccccc5c4n(-c4ccccc4)c23)CC1. The van der Waals surface area contributed by atoms with Crippen molar-refractivity contribution >= 4 is 49.4 Å². The molecule has 7 rings (SSSR count). The number of aromatic nitrogens is 1. The highest BCUT2D eigenvalue weighted by atomic mass is 15.0. The summed E-state index contributed by atoms with van der Waals surface area (Å²) < 4.78 is 2.51. The second-order valence-electron chi connectivity index (χ2n) is 8.46. The molecular formula is C30H21N. The van der Waals surface area contributed by atoms with Gasteiger partial charge in [-0.15, -0.1) is 0 Å². The van der Waals surface area contributed by atoms with Crippen LogP contribution < -0.4 is 0 Å². The Morgan fingerprint density at radius 3 is 2.19 bits per heavy atom. The average Bonchev–Trinajstić information content (AvgIpc) is 3.21. The van der Waals surface area contributed by atoms with E-state index < -0.39 is 0 Å². The number of hydrogen-bond donors (Lipinski definition) is 0. The van der Waals surface area contributed by atoms with E-state index >= 15 is 0 Å². The summed E-state index contributed by atoms with van der Waals surface area (Å²) in [5.41, 5.74) is 6.72. The van der Waals surface area contributed by atoms with Gasteiger partial charge in [0, 0.05) is 27.4 Å². The predicted molar refractivity (Wildman–Crippen MR) is 133 cm³/mol. The third-order valence-corrected chi connectivity index (χ3v) is 6.82. The number of allylic oxidation sites excluding steroid dienone is 1. The van der Waals surface area contributed by atoms with Crippen LogP contribution in [0.2, 0.25) is 0 Å². The lowest BCUT2D eigenvalue weighted by molar-refractivity contribution is 0.997. The highest BCUT2D eigenvalue weighted by Crippen LogP contribution is 2.44. The fourth-order valence-corrected chi connectivity index (χ4v) is 5.54. The van der Waals surface area contributed by atoms with E-state index in [9.17, 15) is 0 Å². The molecule has 31 heavy (non-hydrogen) atoms. The summed E-state index contributed by atoms with van der Waals surface area (Å²) in [5, 5.41) is 8.04. The number of aryl methyl sites for hydroxylation is 1. The fraction of sp³-hybridized carbons (Fsp3) is 0.0667. The molecule has 1 heteroatoms. The minimum Gasteiger partial charge on any atom is -0.308 e. The number of hydrogen-bond acceptors (Lipinski definition) is 0. The largest absolute Gasteiger partial charge is 0.308 e. The van der Waals surface area contributed by atoms with Gasteiger partial charge in [-0.1, -0.05) is 91.0 Å². The van der Waals surface area contributed by atoms with E-state index in [0.717, 1.165) is 12.8 Å². The maximum atomic E-state index is 2.51. The zero-order chi connectivity index (χ0) is 20.4. The van der Waals surface area contributed by atoms with Gasteiger partial charge in [-0.05, 0) is 46.7 Å². The highest BCUT2D eigenvalue weighted by Gasteiger charge is 2.23. The van der Waals surface area contributed by atoms with Crippen molar-refractivity contribution in [2.24, 2.45) is 0 Å². The molecule has 0 bridgehead atoms. The number of nitrogens with zero attached hydrogens (tertiary/aromatic N) is 1. The van der Waals surface area contributed by atoms with E-state index in [4.69, 9.17) is 0 Å². The molecule has 0 N–H and O–H groups in total. The minimum atomic E-state index is 1.10. The zero-order valence-corrected chi connectivity index (χ0v) is 17.2. The Hall–Kier alpha value is -3.84. The number of benzene rings is 5. The molecule has 0 saturated heterocycles. The van der Waals surface area contributed by atoms with E-state index in [1.807, 2.05) is 0 Å². The van der Waals surface area contributed by atoms with Gasteiger partial charge in [0.05, 0.1) is 11.0 Å². The first-order chi connectivity index (χ1) is 15.4. The van der Waals surface area contributed by atoms with Crippen LogP contribution in [0.5, 0.6) is 0 Å². The fourth-order valence-electron chi connectivity index (χ4n) is 5.54. The molecule has 0 saturated carbocycles. The number of fused-ring (bicyclic) bond motifs is 10. The Kier molecular flexibility index (Phi) is 3.45. The molecule has 146 valence electrons. The van der Waals surface area contributed by atoms with E-state index in [1.165, 1.54) is 60.2 Å². The first-order valence-electron chi connectivity index (χ1n) is 11.0. The van der Waals surface area contributed by atoms with Crippen LogP contribution in [-0.4, -0.2) is 4.57 Å². The van der Waals surface area contributed by atoms with E-state index in [-0.39, 0.29) is 0 Å². The molecule has 6 aromatic rings. The normalized spacial score (nSPS) is 13.4. The summed E-state index contributed by atoms with van der Waals surface area (Å²) in [4.78, 5) is 0. The van der Waals surface area contributed by atoms with Crippen molar-refractivity contribution < 1.29 is 0 Å². The molecule has 0 spiro atoms. The highest BCUT2D eigenvalue weighted by molar-refractivity contribution is 6.28. The topological polar surface area (TPSA) is 4.93 Å². The Labute approximate surface area is 180 Å². The molecule has 5 aromatic carbocycles. The summed E-state index contributed by atoms with van der Waals surface area (Å²) in [6, 6.07) is 33.2. The average molecular weight is 396 g/mol. The quantitative estimate of drug-likeness (QED) is 0.265. The van der Waals surface area contributed by atoms with E-state index in [1.54, 1.807) is 0 Å². The van der Waals surface area contributed by atoms with Crippen molar-refractivity contribution in [1.29, 1.82) is 0 Å². The van der Waals surface area contributed by atoms with Crippen molar-refractivity contribution in [1.82, 2.24) is 4.57 Å². The van der Waals surface area contributed by atoms with E-state index in [0.29, 0.717) is 0 Å². The molecule has 0 unspecified atom stereocenters. The summed E-state index contributed by atoms with van der Waals surface area (Å²) in [6.07, 6.45) is 6.89. The van der Waals surface area contributed by atoms with Gasteiger partial charge in [0.1, 0.15) is 0 Å². The van der Waals surface area contributed by atoms with Gasteiger partial charge >= 0.3 is 0 Å². The molecule has 1 heterocycles. The Morgan fingerprint density at radius 2 is 1.32 bits per heavy atom. The van der Waals surface area contributed by atoms with Crippen LogP contribution in [0.15, 0.2) is 97.1 Å². The molecule has 0 amide bonds. The van der Waals surface area contributed by atoms with Crippen LogP contribution in [0.1, 0.15) is 17.5 Å².